The molecule has 2 aromatic carbocycles. The Kier molecular flexibility index (Phi) is 7.94. The molecule has 1 aliphatic rings. The van der Waals surface area contributed by atoms with Crippen LogP contribution in [0.25, 0.3) is 11.5 Å². The van der Waals surface area contributed by atoms with Crippen LogP contribution in [0, 0.1) is 12.8 Å². The van der Waals surface area contributed by atoms with Crippen molar-refractivity contribution in [3.8, 4) is 17.2 Å². The number of carboxylic acids is 1. The maximum absolute atomic E-state index is 12.4. The van der Waals surface area contributed by atoms with Crippen molar-refractivity contribution < 1.29 is 28.8 Å². The Bertz CT molecular complexity index is 1200. The number of aryl methyl sites for hydroxylation is 1. The number of rotatable bonds is 9. The van der Waals surface area contributed by atoms with Gasteiger partial charge < -0.3 is 25.0 Å². The van der Waals surface area contributed by atoms with Crippen molar-refractivity contribution in [2.24, 2.45) is 5.92 Å². The fourth-order valence-corrected chi connectivity index (χ4v) is 4.04. The summed E-state index contributed by atoms with van der Waals surface area (Å²) < 4.78 is 11.0. The first-order valence-corrected chi connectivity index (χ1v) is 11.9. The molecule has 1 fully saturated rings. The molecule has 1 aliphatic carbocycles. The molecular weight excluding hydrogens is 464 g/mol. The first-order chi connectivity index (χ1) is 17.4. The highest BCUT2D eigenvalue weighted by Gasteiger charge is 2.26. The number of hydrogen-bond donors (Lipinski definition) is 3. The zero-order chi connectivity index (χ0) is 25.5. The lowest BCUT2D eigenvalue weighted by atomic mass is 9.87. The van der Waals surface area contributed by atoms with Gasteiger partial charge in [-0.15, -0.1) is 0 Å². The van der Waals surface area contributed by atoms with E-state index in [-0.39, 0.29) is 36.9 Å². The summed E-state index contributed by atoms with van der Waals surface area (Å²) in [6.45, 7) is 2.28. The average Bonchev–Trinajstić information content (AvgIpc) is 3.33. The van der Waals surface area contributed by atoms with Crippen molar-refractivity contribution in [1.82, 2.24) is 20.8 Å². The summed E-state index contributed by atoms with van der Waals surface area (Å²) in [5.74, 6) is 0.0490. The first-order valence-electron chi connectivity index (χ1n) is 11.9. The Balaban J connectivity index is 1.17. The minimum atomic E-state index is -0.742. The number of hydrogen-bond acceptors (Lipinski definition) is 7. The van der Waals surface area contributed by atoms with Crippen LogP contribution in [-0.4, -0.2) is 52.2 Å². The maximum atomic E-state index is 12.4. The molecule has 10 heteroatoms. The second-order valence-corrected chi connectivity index (χ2v) is 8.69. The summed E-state index contributed by atoms with van der Waals surface area (Å²) in [7, 11) is 0. The molecule has 0 spiro atoms. The Morgan fingerprint density at radius 2 is 1.47 bits per heavy atom. The molecule has 3 aromatic rings. The number of amides is 2. The second kappa shape index (κ2) is 11.5. The van der Waals surface area contributed by atoms with Crippen LogP contribution in [0.2, 0.25) is 0 Å². The third-order valence-corrected chi connectivity index (χ3v) is 6.06. The Morgan fingerprint density at radius 3 is 1.97 bits per heavy atom. The molecule has 2 amide bonds. The molecule has 0 unspecified atom stereocenters. The number of carbonyl (C=O) groups excluding carboxylic acids is 2. The summed E-state index contributed by atoms with van der Waals surface area (Å²) in [4.78, 5) is 40.0. The summed E-state index contributed by atoms with van der Waals surface area (Å²) in [6, 6.07) is 13.6. The highest BCUT2D eigenvalue weighted by Crippen LogP contribution is 2.28. The molecule has 0 atom stereocenters. The summed E-state index contributed by atoms with van der Waals surface area (Å²) in [6.07, 6.45) is 2.62. The van der Waals surface area contributed by atoms with E-state index in [1.165, 1.54) is 0 Å². The number of carboxylic acid groups (broad SMARTS) is 1. The van der Waals surface area contributed by atoms with Gasteiger partial charge >= 0.3 is 5.97 Å². The lowest BCUT2D eigenvalue weighted by Crippen LogP contribution is -2.34. The van der Waals surface area contributed by atoms with E-state index in [4.69, 9.17) is 14.4 Å². The second-order valence-electron chi connectivity index (χ2n) is 8.69. The molecule has 3 N–H and O–H groups in total. The third-order valence-electron chi connectivity index (χ3n) is 6.06. The van der Waals surface area contributed by atoms with E-state index in [2.05, 4.69) is 20.8 Å². The summed E-state index contributed by atoms with van der Waals surface area (Å²) in [5.41, 5.74) is 1.69. The molecule has 10 nitrogen and oxygen atoms in total. The molecule has 4 rings (SSSR count). The molecule has 0 aliphatic heterocycles. The standard InChI is InChI=1S/C26H28N4O6/c1-16-29-25(36-30-16)19-4-2-17(3-5-19)23(31)27-14-15-28-24(32)18-6-10-21(11-7-18)35-22-12-8-20(9-13-22)26(33)34/h2-7,10-11,20,22H,8-9,12-15H2,1H3,(H,27,31)(H,28,32)(H,33,34). The highest BCUT2D eigenvalue weighted by molar-refractivity contribution is 5.95. The lowest BCUT2D eigenvalue weighted by molar-refractivity contribution is -0.143. The Labute approximate surface area is 208 Å². The van der Waals surface area contributed by atoms with Crippen molar-refractivity contribution in [3.63, 3.8) is 0 Å². The van der Waals surface area contributed by atoms with Crippen LogP contribution in [0.15, 0.2) is 53.1 Å². The van der Waals surface area contributed by atoms with Crippen molar-refractivity contribution in [3.05, 3.63) is 65.5 Å². The van der Waals surface area contributed by atoms with Crippen LogP contribution in [0.4, 0.5) is 0 Å². The molecular formula is C26H28N4O6. The van der Waals surface area contributed by atoms with Gasteiger partial charge in [-0.05, 0) is 81.1 Å². The first kappa shape index (κ1) is 24.9. The lowest BCUT2D eigenvalue weighted by Gasteiger charge is -2.26. The maximum Gasteiger partial charge on any atom is 0.306 e. The fourth-order valence-electron chi connectivity index (χ4n) is 4.04. The van der Waals surface area contributed by atoms with Crippen LogP contribution in [0.3, 0.4) is 0 Å². The van der Waals surface area contributed by atoms with E-state index in [0.29, 0.717) is 54.3 Å². The average molecular weight is 493 g/mol. The van der Waals surface area contributed by atoms with Gasteiger partial charge in [-0.3, -0.25) is 14.4 Å². The number of carbonyl (C=O) groups is 3. The van der Waals surface area contributed by atoms with Crippen molar-refractivity contribution in [1.29, 1.82) is 0 Å². The monoisotopic (exact) mass is 492 g/mol. The van der Waals surface area contributed by atoms with Gasteiger partial charge in [-0.2, -0.15) is 4.98 Å². The number of nitrogens with one attached hydrogen (secondary N) is 2. The van der Waals surface area contributed by atoms with Crippen LogP contribution in [-0.2, 0) is 4.79 Å². The molecule has 36 heavy (non-hydrogen) atoms. The number of nitrogens with zero attached hydrogens (tertiary/aromatic N) is 2. The molecule has 1 heterocycles. The van der Waals surface area contributed by atoms with Crippen molar-refractivity contribution in [2.75, 3.05) is 13.1 Å². The number of benzene rings is 2. The summed E-state index contributed by atoms with van der Waals surface area (Å²) >= 11 is 0. The van der Waals surface area contributed by atoms with Gasteiger partial charge in [0, 0.05) is 29.8 Å². The molecule has 0 radical (unpaired) electrons. The van der Waals surface area contributed by atoms with Crippen molar-refractivity contribution in [2.45, 2.75) is 38.7 Å². The number of aliphatic carboxylic acids is 1. The minimum absolute atomic E-state index is 0.0110. The van der Waals surface area contributed by atoms with Gasteiger partial charge in [0.05, 0.1) is 12.0 Å². The van der Waals surface area contributed by atoms with E-state index in [1.807, 2.05) is 0 Å². The van der Waals surface area contributed by atoms with Gasteiger partial charge in [0.2, 0.25) is 0 Å². The molecule has 1 saturated carbocycles. The van der Waals surface area contributed by atoms with E-state index < -0.39 is 5.97 Å². The zero-order valence-corrected chi connectivity index (χ0v) is 19.9. The van der Waals surface area contributed by atoms with Crippen LogP contribution < -0.4 is 15.4 Å². The van der Waals surface area contributed by atoms with E-state index in [1.54, 1.807) is 55.5 Å². The number of ether oxygens (including phenoxy) is 1. The van der Waals surface area contributed by atoms with Crippen LogP contribution in [0.5, 0.6) is 5.75 Å². The third kappa shape index (κ3) is 6.47. The van der Waals surface area contributed by atoms with E-state index in [9.17, 15) is 14.4 Å². The number of aromatic nitrogens is 2. The Morgan fingerprint density at radius 1 is 0.917 bits per heavy atom. The highest BCUT2D eigenvalue weighted by atomic mass is 16.5. The smallest absolute Gasteiger partial charge is 0.306 e. The molecule has 0 bridgehead atoms. The zero-order valence-electron chi connectivity index (χ0n) is 19.9. The van der Waals surface area contributed by atoms with Gasteiger partial charge in [0.1, 0.15) is 5.75 Å². The SMILES string of the molecule is Cc1noc(-c2ccc(C(=O)NCCNC(=O)c3ccc(OC4CCC(C(=O)O)CC4)cc3)cc2)n1. The molecule has 1 aromatic heterocycles. The van der Waals surface area contributed by atoms with Crippen molar-refractivity contribution >= 4 is 17.8 Å². The van der Waals surface area contributed by atoms with Gasteiger partial charge in [-0.25, -0.2) is 0 Å². The topological polar surface area (TPSA) is 144 Å². The Hall–Kier alpha value is -4.21. The quantitative estimate of drug-likeness (QED) is 0.386. The van der Waals surface area contributed by atoms with Gasteiger partial charge in [0.15, 0.2) is 5.82 Å². The van der Waals surface area contributed by atoms with Crippen LogP contribution in [0.1, 0.15) is 52.2 Å². The predicted molar refractivity (Wildman–Crippen MR) is 130 cm³/mol. The van der Waals surface area contributed by atoms with E-state index in [0.717, 1.165) is 5.56 Å². The molecule has 0 saturated heterocycles. The van der Waals surface area contributed by atoms with Gasteiger partial charge in [0.25, 0.3) is 17.7 Å². The minimum Gasteiger partial charge on any atom is -0.490 e. The summed E-state index contributed by atoms with van der Waals surface area (Å²) in [5, 5.41) is 18.4. The largest absolute Gasteiger partial charge is 0.490 e. The fraction of sp³-hybridized carbons (Fsp3) is 0.346. The van der Waals surface area contributed by atoms with Gasteiger partial charge in [-0.1, -0.05) is 5.16 Å². The predicted octanol–water partition coefficient (Wildman–Crippen LogP) is 3.23. The normalized spacial score (nSPS) is 17.2. The van der Waals surface area contributed by atoms with E-state index >= 15 is 0 Å². The molecule has 188 valence electrons. The van der Waals surface area contributed by atoms with Crippen LogP contribution >= 0.6 is 0 Å².